The molecule has 0 radical (unpaired) electrons. The standard InChI is InChI=1S/C13H16F4O2/c1-4-6(2)8-9(14)11(16)13(12(17)10(8)15)19-5-7(3)18/h6-7,18H,4-5H2,1-3H3. The Morgan fingerprint density at radius 2 is 1.47 bits per heavy atom. The molecular formula is C13H16F4O2. The second-order valence-electron chi connectivity index (χ2n) is 4.47. The van der Waals surface area contributed by atoms with Gasteiger partial charge in [0.15, 0.2) is 17.4 Å². The van der Waals surface area contributed by atoms with E-state index >= 15 is 0 Å². The molecule has 108 valence electrons. The molecule has 0 aliphatic heterocycles. The second-order valence-corrected chi connectivity index (χ2v) is 4.47. The van der Waals surface area contributed by atoms with Crippen molar-refractivity contribution in [3.8, 4) is 5.75 Å². The Balaban J connectivity index is 3.30. The van der Waals surface area contributed by atoms with Crippen LogP contribution in [0.1, 0.15) is 38.7 Å². The first-order valence-electron chi connectivity index (χ1n) is 5.97. The van der Waals surface area contributed by atoms with Crippen molar-refractivity contribution in [2.45, 2.75) is 39.2 Å². The topological polar surface area (TPSA) is 29.5 Å². The SMILES string of the molecule is CCC(C)c1c(F)c(F)c(OCC(C)O)c(F)c1F. The molecule has 1 aromatic rings. The first-order valence-corrected chi connectivity index (χ1v) is 5.97. The van der Waals surface area contributed by atoms with E-state index < -0.39 is 53.2 Å². The minimum absolute atomic E-state index is 0.334. The summed E-state index contributed by atoms with van der Waals surface area (Å²) in [5, 5.41) is 8.96. The third kappa shape index (κ3) is 3.18. The van der Waals surface area contributed by atoms with Crippen LogP contribution >= 0.6 is 0 Å². The predicted octanol–water partition coefficient (Wildman–Crippen LogP) is 3.52. The van der Waals surface area contributed by atoms with Gasteiger partial charge in [-0.05, 0) is 19.3 Å². The van der Waals surface area contributed by atoms with Crippen molar-refractivity contribution in [2.75, 3.05) is 6.61 Å². The molecule has 2 nitrogen and oxygen atoms in total. The Kier molecular flexibility index (Phi) is 5.17. The van der Waals surface area contributed by atoms with Crippen molar-refractivity contribution in [1.82, 2.24) is 0 Å². The molecule has 1 aromatic carbocycles. The van der Waals surface area contributed by atoms with Crippen molar-refractivity contribution in [3.05, 3.63) is 28.8 Å². The van der Waals surface area contributed by atoms with Crippen molar-refractivity contribution >= 4 is 0 Å². The Morgan fingerprint density at radius 1 is 1.00 bits per heavy atom. The van der Waals surface area contributed by atoms with Gasteiger partial charge in [0.05, 0.1) is 6.10 Å². The van der Waals surface area contributed by atoms with E-state index in [1.165, 1.54) is 13.8 Å². The largest absolute Gasteiger partial charge is 0.485 e. The molecular weight excluding hydrogens is 264 g/mol. The van der Waals surface area contributed by atoms with E-state index in [9.17, 15) is 17.6 Å². The molecule has 0 aliphatic carbocycles. The van der Waals surface area contributed by atoms with Crippen LogP contribution in [0.25, 0.3) is 0 Å². The molecule has 0 saturated heterocycles. The van der Waals surface area contributed by atoms with Crippen molar-refractivity contribution in [3.63, 3.8) is 0 Å². The number of hydrogen-bond acceptors (Lipinski definition) is 2. The van der Waals surface area contributed by atoms with Gasteiger partial charge < -0.3 is 9.84 Å². The Bertz CT molecular complexity index is 431. The third-order valence-electron chi connectivity index (χ3n) is 2.83. The summed E-state index contributed by atoms with van der Waals surface area (Å²) < 4.78 is 59.4. The molecule has 0 saturated carbocycles. The predicted molar refractivity (Wildman–Crippen MR) is 62.2 cm³/mol. The number of aliphatic hydroxyl groups excluding tert-OH is 1. The van der Waals surface area contributed by atoms with Gasteiger partial charge in [-0.2, -0.15) is 8.78 Å². The van der Waals surface area contributed by atoms with Crippen molar-refractivity contribution in [1.29, 1.82) is 0 Å². The zero-order chi connectivity index (χ0) is 14.7. The highest BCUT2D eigenvalue weighted by Gasteiger charge is 2.28. The fourth-order valence-corrected chi connectivity index (χ4v) is 1.60. The first kappa shape index (κ1) is 15.8. The average molecular weight is 280 g/mol. The second kappa shape index (κ2) is 6.23. The van der Waals surface area contributed by atoms with E-state index in [2.05, 4.69) is 4.74 Å². The number of benzene rings is 1. The molecule has 0 amide bonds. The fourth-order valence-electron chi connectivity index (χ4n) is 1.60. The molecule has 0 heterocycles. The number of rotatable bonds is 5. The van der Waals surface area contributed by atoms with Gasteiger partial charge in [-0.1, -0.05) is 13.8 Å². The van der Waals surface area contributed by atoms with Crippen LogP contribution in [-0.2, 0) is 0 Å². The van der Waals surface area contributed by atoms with Gasteiger partial charge in [-0.25, -0.2) is 8.78 Å². The van der Waals surface area contributed by atoms with Crippen molar-refractivity contribution in [2.24, 2.45) is 0 Å². The highest BCUT2D eigenvalue weighted by atomic mass is 19.2. The van der Waals surface area contributed by atoms with Crippen LogP contribution in [0.15, 0.2) is 0 Å². The molecule has 0 fully saturated rings. The lowest BCUT2D eigenvalue weighted by atomic mass is 9.96. The van der Waals surface area contributed by atoms with Crippen LogP contribution < -0.4 is 4.74 Å². The Morgan fingerprint density at radius 3 is 1.84 bits per heavy atom. The monoisotopic (exact) mass is 280 g/mol. The van der Waals surface area contributed by atoms with E-state index in [4.69, 9.17) is 5.11 Å². The number of aliphatic hydroxyl groups is 1. The lowest BCUT2D eigenvalue weighted by Crippen LogP contribution is -2.16. The third-order valence-corrected chi connectivity index (χ3v) is 2.83. The number of hydrogen-bond donors (Lipinski definition) is 1. The summed E-state index contributed by atoms with van der Waals surface area (Å²) in [6.07, 6.45) is -0.681. The van der Waals surface area contributed by atoms with Gasteiger partial charge in [-0.15, -0.1) is 0 Å². The van der Waals surface area contributed by atoms with E-state index in [0.717, 1.165) is 0 Å². The van der Waals surface area contributed by atoms with Gasteiger partial charge in [0.1, 0.15) is 6.61 Å². The molecule has 6 heteroatoms. The molecule has 0 spiro atoms. The van der Waals surface area contributed by atoms with E-state index in [1.54, 1.807) is 6.92 Å². The van der Waals surface area contributed by atoms with Crippen molar-refractivity contribution < 1.29 is 27.4 Å². The van der Waals surface area contributed by atoms with E-state index in [1.807, 2.05) is 0 Å². The zero-order valence-electron chi connectivity index (χ0n) is 10.9. The van der Waals surface area contributed by atoms with Crippen LogP contribution in [0.5, 0.6) is 5.75 Å². The average Bonchev–Trinajstić information content (AvgIpc) is 2.36. The minimum atomic E-state index is -1.57. The van der Waals surface area contributed by atoms with Crippen LogP contribution in [-0.4, -0.2) is 17.8 Å². The number of halogens is 4. The summed E-state index contributed by atoms with van der Waals surface area (Å²) in [5.74, 6) is -7.84. The summed E-state index contributed by atoms with van der Waals surface area (Å²) >= 11 is 0. The van der Waals surface area contributed by atoms with Gasteiger partial charge in [0, 0.05) is 5.56 Å². The first-order chi connectivity index (χ1) is 8.81. The molecule has 1 rings (SSSR count). The highest BCUT2D eigenvalue weighted by molar-refractivity contribution is 5.36. The van der Waals surface area contributed by atoms with E-state index in [-0.39, 0.29) is 0 Å². The van der Waals surface area contributed by atoms with Gasteiger partial charge in [0.2, 0.25) is 11.6 Å². The van der Waals surface area contributed by atoms with Crippen LogP contribution in [0, 0.1) is 23.3 Å². The van der Waals surface area contributed by atoms with Gasteiger partial charge in [-0.3, -0.25) is 0 Å². The van der Waals surface area contributed by atoms with E-state index in [0.29, 0.717) is 6.42 Å². The molecule has 0 aromatic heterocycles. The zero-order valence-corrected chi connectivity index (χ0v) is 10.9. The summed E-state index contributed by atoms with van der Waals surface area (Å²) in [7, 11) is 0. The molecule has 0 aliphatic rings. The lowest BCUT2D eigenvalue weighted by molar-refractivity contribution is 0.115. The van der Waals surface area contributed by atoms with Gasteiger partial charge in [0.25, 0.3) is 0 Å². The molecule has 19 heavy (non-hydrogen) atoms. The minimum Gasteiger partial charge on any atom is -0.485 e. The quantitative estimate of drug-likeness (QED) is 0.660. The molecule has 1 N–H and O–H groups in total. The lowest BCUT2D eigenvalue weighted by Gasteiger charge is -2.16. The summed E-state index contributed by atoms with van der Waals surface area (Å²) in [5.41, 5.74) is -0.623. The summed E-state index contributed by atoms with van der Waals surface area (Å²) in [6, 6.07) is 0. The summed E-state index contributed by atoms with van der Waals surface area (Å²) in [4.78, 5) is 0. The van der Waals surface area contributed by atoms with Gasteiger partial charge >= 0.3 is 0 Å². The maximum Gasteiger partial charge on any atom is 0.204 e. The smallest absolute Gasteiger partial charge is 0.204 e. The normalized spacial score (nSPS) is 14.3. The van der Waals surface area contributed by atoms with Crippen LogP contribution in [0.2, 0.25) is 0 Å². The van der Waals surface area contributed by atoms with Crippen LogP contribution in [0.4, 0.5) is 17.6 Å². The fraction of sp³-hybridized carbons (Fsp3) is 0.538. The number of ether oxygens (including phenoxy) is 1. The molecule has 2 atom stereocenters. The Hall–Kier alpha value is -1.30. The maximum atomic E-state index is 13.7. The Labute approximate surface area is 109 Å². The highest BCUT2D eigenvalue weighted by Crippen LogP contribution is 2.34. The van der Waals surface area contributed by atoms with Crippen LogP contribution in [0.3, 0.4) is 0 Å². The molecule has 2 unspecified atom stereocenters. The maximum absolute atomic E-state index is 13.7. The summed E-state index contributed by atoms with van der Waals surface area (Å²) in [6.45, 7) is 3.97. The molecule has 0 bridgehead atoms.